The van der Waals surface area contributed by atoms with Gasteiger partial charge in [-0.1, -0.05) is 32.0 Å². The lowest BCUT2D eigenvalue weighted by Crippen LogP contribution is -2.32. The second-order valence-corrected chi connectivity index (χ2v) is 4.65. The van der Waals surface area contributed by atoms with Crippen molar-refractivity contribution in [1.29, 1.82) is 0 Å². The van der Waals surface area contributed by atoms with Crippen LogP contribution in [0, 0.1) is 5.92 Å². The predicted molar refractivity (Wildman–Crippen MR) is 73.5 cm³/mol. The van der Waals surface area contributed by atoms with Crippen LogP contribution < -0.4 is 5.32 Å². The molecule has 6 heteroatoms. The summed E-state index contributed by atoms with van der Waals surface area (Å²) in [6, 6.07) is 9.36. The molecule has 0 fully saturated rings. The summed E-state index contributed by atoms with van der Waals surface area (Å²) in [4.78, 5) is 27.2. The number of aromatic nitrogens is 3. The lowest BCUT2D eigenvalue weighted by atomic mass is 10.1. The van der Waals surface area contributed by atoms with Crippen LogP contribution in [0.5, 0.6) is 0 Å². The number of Topliss-reactive ketones (excluding diaryl/α,β-unsaturated/α-hetero) is 1. The molecule has 6 nitrogen and oxygen atoms in total. The van der Waals surface area contributed by atoms with Crippen molar-refractivity contribution in [2.24, 2.45) is 5.92 Å². The van der Waals surface area contributed by atoms with Crippen LogP contribution in [0.25, 0.3) is 5.69 Å². The van der Waals surface area contributed by atoms with Gasteiger partial charge in [-0.3, -0.25) is 9.59 Å². The van der Waals surface area contributed by atoms with Gasteiger partial charge in [-0.15, -0.1) is 5.10 Å². The van der Waals surface area contributed by atoms with Crippen molar-refractivity contribution in [3.05, 3.63) is 42.5 Å². The third-order valence-corrected chi connectivity index (χ3v) is 2.78. The zero-order valence-electron chi connectivity index (χ0n) is 11.4. The Hall–Kier alpha value is -2.50. The van der Waals surface area contributed by atoms with E-state index in [1.54, 1.807) is 13.8 Å². The first kappa shape index (κ1) is 13.9. The highest BCUT2D eigenvalue weighted by molar-refractivity contribution is 5.94. The number of carbonyl (C=O) groups excluding carboxylic acids is 2. The van der Waals surface area contributed by atoms with Crippen molar-refractivity contribution in [1.82, 2.24) is 20.1 Å². The van der Waals surface area contributed by atoms with Crippen LogP contribution in [-0.2, 0) is 4.79 Å². The number of benzene rings is 1. The molecule has 0 aliphatic heterocycles. The minimum absolute atomic E-state index is 0.00359. The van der Waals surface area contributed by atoms with Crippen molar-refractivity contribution in [2.45, 2.75) is 13.8 Å². The van der Waals surface area contributed by atoms with Gasteiger partial charge in [0, 0.05) is 5.92 Å². The van der Waals surface area contributed by atoms with Crippen LogP contribution in [0.3, 0.4) is 0 Å². The minimum Gasteiger partial charge on any atom is -0.342 e. The maximum Gasteiger partial charge on any atom is 0.291 e. The van der Waals surface area contributed by atoms with E-state index >= 15 is 0 Å². The minimum atomic E-state index is -0.450. The lowest BCUT2D eigenvalue weighted by molar-refractivity contribution is -0.120. The maximum absolute atomic E-state index is 11.8. The number of nitrogens with zero attached hydrogens (tertiary/aromatic N) is 3. The fourth-order valence-corrected chi connectivity index (χ4v) is 1.52. The Bertz CT molecular complexity index is 605. The second-order valence-electron chi connectivity index (χ2n) is 4.65. The molecule has 1 aromatic heterocycles. The Morgan fingerprint density at radius 1 is 1.25 bits per heavy atom. The number of carbonyl (C=O) groups is 2. The monoisotopic (exact) mass is 272 g/mol. The Balaban J connectivity index is 2.02. The van der Waals surface area contributed by atoms with E-state index in [-0.39, 0.29) is 24.1 Å². The largest absolute Gasteiger partial charge is 0.342 e. The summed E-state index contributed by atoms with van der Waals surface area (Å²) in [5, 5.41) is 6.60. The molecule has 1 aromatic carbocycles. The molecule has 1 heterocycles. The number of ketones is 1. The highest BCUT2D eigenvalue weighted by Gasteiger charge is 2.14. The predicted octanol–water partition coefficient (Wildman–Crippen LogP) is 1.22. The van der Waals surface area contributed by atoms with Crippen LogP contribution in [0.1, 0.15) is 24.5 Å². The third kappa shape index (κ3) is 3.28. The van der Waals surface area contributed by atoms with Gasteiger partial charge >= 0.3 is 0 Å². The van der Waals surface area contributed by atoms with Crippen molar-refractivity contribution in [2.75, 3.05) is 6.54 Å². The summed E-state index contributed by atoms with van der Waals surface area (Å²) in [5.74, 6) is -0.537. The van der Waals surface area contributed by atoms with Gasteiger partial charge in [0.25, 0.3) is 5.91 Å². The number of nitrogens with one attached hydrogen (secondary N) is 1. The fraction of sp³-hybridized carbons (Fsp3) is 0.286. The highest BCUT2D eigenvalue weighted by Crippen LogP contribution is 2.04. The van der Waals surface area contributed by atoms with E-state index in [9.17, 15) is 9.59 Å². The fourth-order valence-electron chi connectivity index (χ4n) is 1.52. The molecule has 0 saturated carbocycles. The van der Waals surface area contributed by atoms with Crippen LogP contribution in [-0.4, -0.2) is 33.0 Å². The number of para-hydroxylation sites is 1. The Morgan fingerprint density at radius 3 is 2.60 bits per heavy atom. The summed E-state index contributed by atoms with van der Waals surface area (Å²) in [6.07, 6.45) is 1.47. The van der Waals surface area contributed by atoms with Gasteiger partial charge in [-0.2, -0.15) is 0 Å². The summed E-state index contributed by atoms with van der Waals surface area (Å²) in [5.41, 5.74) is 0.817. The first-order valence-corrected chi connectivity index (χ1v) is 6.36. The highest BCUT2D eigenvalue weighted by atomic mass is 16.2. The second kappa shape index (κ2) is 6.10. The molecule has 20 heavy (non-hydrogen) atoms. The molecule has 2 aromatic rings. The molecule has 2 rings (SSSR count). The number of rotatable bonds is 5. The van der Waals surface area contributed by atoms with Crippen LogP contribution in [0.4, 0.5) is 0 Å². The molecule has 104 valence electrons. The summed E-state index contributed by atoms with van der Waals surface area (Å²) in [7, 11) is 0. The van der Waals surface area contributed by atoms with E-state index in [1.807, 2.05) is 30.3 Å². The molecule has 1 amide bonds. The van der Waals surface area contributed by atoms with Gasteiger partial charge in [0.05, 0.1) is 12.2 Å². The number of hydrogen-bond donors (Lipinski definition) is 1. The molecule has 0 bridgehead atoms. The van der Waals surface area contributed by atoms with Crippen molar-refractivity contribution >= 4 is 11.7 Å². The van der Waals surface area contributed by atoms with E-state index < -0.39 is 5.91 Å². The Morgan fingerprint density at radius 2 is 1.95 bits per heavy atom. The van der Waals surface area contributed by atoms with Gasteiger partial charge in [-0.25, -0.2) is 9.67 Å². The first-order chi connectivity index (χ1) is 9.58. The summed E-state index contributed by atoms with van der Waals surface area (Å²) in [6.45, 7) is 3.57. The summed E-state index contributed by atoms with van der Waals surface area (Å²) >= 11 is 0. The lowest BCUT2D eigenvalue weighted by Gasteiger charge is -2.04. The van der Waals surface area contributed by atoms with Crippen LogP contribution in [0.2, 0.25) is 0 Å². The van der Waals surface area contributed by atoms with Crippen molar-refractivity contribution in [3.8, 4) is 5.69 Å². The molecule has 0 aliphatic rings. The first-order valence-electron chi connectivity index (χ1n) is 6.36. The van der Waals surface area contributed by atoms with Gasteiger partial charge < -0.3 is 5.32 Å². The molecular formula is C14H16N4O2. The van der Waals surface area contributed by atoms with E-state index in [0.717, 1.165) is 5.69 Å². The molecule has 1 N–H and O–H groups in total. The standard InChI is InChI=1S/C14H16N4O2/c1-10(2)12(19)8-15-14(20)13-16-9-18(17-13)11-6-4-3-5-7-11/h3-7,9-10H,8H2,1-2H3,(H,15,20). The van der Waals surface area contributed by atoms with Gasteiger partial charge in [0.1, 0.15) is 6.33 Å². The average molecular weight is 272 g/mol. The summed E-state index contributed by atoms with van der Waals surface area (Å²) < 4.78 is 1.51. The van der Waals surface area contributed by atoms with Crippen LogP contribution >= 0.6 is 0 Å². The number of hydrogen-bond acceptors (Lipinski definition) is 4. The third-order valence-electron chi connectivity index (χ3n) is 2.78. The molecule has 0 atom stereocenters. The molecule has 0 unspecified atom stereocenters. The SMILES string of the molecule is CC(C)C(=O)CNC(=O)c1ncn(-c2ccccc2)n1. The van der Waals surface area contributed by atoms with E-state index in [4.69, 9.17) is 0 Å². The maximum atomic E-state index is 11.8. The quantitative estimate of drug-likeness (QED) is 0.888. The van der Waals surface area contributed by atoms with E-state index in [2.05, 4.69) is 15.4 Å². The van der Waals surface area contributed by atoms with E-state index in [1.165, 1.54) is 11.0 Å². The molecule has 0 aliphatic carbocycles. The Kier molecular flexibility index (Phi) is 4.24. The van der Waals surface area contributed by atoms with Crippen molar-refractivity contribution < 1.29 is 9.59 Å². The zero-order chi connectivity index (χ0) is 14.5. The average Bonchev–Trinajstić information content (AvgIpc) is 2.95. The Labute approximate surface area is 116 Å². The normalized spacial score (nSPS) is 10.6. The van der Waals surface area contributed by atoms with Crippen LogP contribution in [0.15, 0.2) is 36.7 Å². The molecule has 0 radical (unpaired) electrons. The van der Waals surface area contributed by atoms with E-state index in [0.29, 0.717) is 0 Å². The topological polar surface area (TPSA) is 76.9 Å². The molecular weight excluding hydrogens is 256 g/mol. The molecule has 0 saturated heterocycles. The number of amides is 1. The van der Waals surface area contributed by atoms with Gasteiger partial charge in [-0.05, 0) is 12.1 Å². The zero-order valence-corrected chi connectivity index (χ0v) is 11.4. The molecule has 0 spiro atoms. The van der Waals surface area contributed by atoms with Gasteiger partial charge in [0.2, 0.25) is 5.82 Å². The van der Waals surface area contributed by atoms with Gasteiger partial charge in [0.15, 0.2) is 5.78 Å². The smallest absolute Gasteiger partial charge is 0.291 e. The van der Waals surface area contributed by atoms with Crippen molar-refractivity contribution in [3.63, 3.8) is 0 Å².